The summed E-state index contributed by atoms with van der Waals surface area (Å²) in [4.78, 5) is 23.7. The van der Waals surface area contributed by atoms with Gasteiger partial charge in [0.05, 0.1) is 19.3 Å². The third-order valence-electron chi connectivity index (χ3n) is 2.90. The number of para-hydroxylation sites is 2. The van der Waals surface area contributed by atoms with Crippen molar-refractivity contribution >= 4 is 29.1 Å². The van der Waals surface area contributed by atoms with Gasteiger partial charge in [0.15, 0.2) is 0 Å². The maximum atomic E-state index is 11.9. The summed E-state index contributed by atoms with van der Waals surface area (Å²) in [5.41, 5.74) is 0.991. The van der Waals surface area contributed by atoms with Gasteiger partial charge in [0.1, 0.15) is 5.75 Å². The molecule has 2 aromatic carbocycles. The van der Waals surface area contributed by atoms with Crippen LogP contribution in [0, 0.1) is 0 Å². The van der Waals surface area contributed by atoms with Crippen LogP contribution in [-0.4, -0.2) is 25.5 Å². The minimum absolute atomic E-state index is 0.139. The van der Waals surface area contributed by atoms with Gasteiger partial charge >= 0.3 is 0 Å². The Labute approximate surface area is 133 Å². The van der Waals surface area contributed by atoms with Crippen LogP contribution in [0.5, 0.6) is 5.75 Å². The van der Waals surface area contributed by atoms with Crippen molar-refractivity contribution < 1.29 is 14.3 Å². The van der Waals surface area contributed by atoms with Crippen LogP contribution in [-0.2, 0) is 4.79 Å². The first-order valence-corrected chi connectivity index (χ1v) is 6.94. The second kappa shape index (κ2) is 7.47. The van der Waals surface area contributed by atoms with E-state index < -0.39 is 0 Å². The monoisotopic (exact) mass is 318 g/mol. The summed E-state index contributed by atoms with van der Waals surface area (Å²) in [5, 5.41) is 5.77. The number of hydrogen-bond acceptors (Lipinski definition) is 3. The topological polar surface area (TPSA) is 67.4 Å². The summed E-state index contributed by atoms with van der Waals surface area (Å²) < 4.78 is 5.14. The van der Waals surface area contributed by atoms with Gasteiger partial charge in [-0.2, -0.15) is 0 Å². The molecule has 0 aliphatic carbocycles. The number of carbonyl (C=O) groups excluding carboxylic acids is 2. The Bertz CT molecular complexity index is 671. The molecule has 5 nitrogen and oxygen atoms in total. The zero-order valence-electron chi connectivity index (χ0n) is 11.9. The first-order chi connectivity index (χ1) is 10.6. The number of amides is 2. The molecule has 0 saturated heterocycles. The average Bonchev–Trinajstić information content (AvgIpc) is 2.54. The fraction of sp³-hybridized carbons (Fsp3) is 0.125. The molecule has 2 amide bonds. The smallest absolute Gasteiger partial charge is 0.251 e. The lowest BCUT2D eigenvalue weighted by Crippen LogP contribution is -2.32. The van der Waals surface area contributed by atoms with E-state index in [0.717, 1.165) is 0 Å². The molecule has 0 bridgehead atoms. The zero-order valence-corrected chi connectivity index (χ0v) is 12.7. The number of halogens is 1. The highest BCUT2D eigenvalue weighted by Gasteiger charge is 2.10. The van der Waals surface area contributed by atoms with Crippen LogP contribution < -0.4 is 15.4 Å². The number of methoxy groups -OCH3 is 1. The van der Waals surface area contributed by atoms with Crippen LogP contribution in [0.4, 0.5) is 5.69 Å². The molecular weight excluding hydrogens is 304 g/mol. The molecule has 0 heterocycles. The Hall–Kier alpha value is -2.53. The molecule has 6 heteroatoms. The number of nitrogens with one attached hydrogen (secondary N) is 2. The quantitative estimate of drug-likeness (QED) is 0.890. The second-order valence-corrected chi connectivity index (χ2v) is 4.87. The van der Waals surface area contributed by atoms with E-state index in [2.05, 4.69) is 10.6 Å². The van der Waals surface area contributed by atoms with E-state index in [9.17, 15) is 9.59 Å². The van der Waals surface area contributed by atoms with Gasteiger partial charge in [-0.15, -0.1) is 0 Å². The third-order valence-corrected chi connectivity index (χ3v) is 3.15. The molecule has 2 aromatic rings. The van der Waals surface area contributed by atoms with Crippen molar-refractivity contribution in [3.8, 4) is 5.75 Å². The minimum Gasteiger partial charge on any atom is -0.495 e. The van der Waals surface area contributed by atoms with Gasteiger partial charge in [-0.1, -0.05) is 23.7 Å². The summed E-state index contributed by atoms with van der Waals surface area (Å²) >= 11 is 5.76. The Morgan fingerprint density at radius 1 is 1.09 bits per heavy atom. The molecule has 2 rings (SSSR count). The van der Waals surface area contributed by atoms with Crippen molar-refractivity contribution in [2.24, 2.45) is 0 Å². The number of ether oxygens (including phenoxy) is 1. The molecule has 2 N–H and O–H groups in total. The molecule has 22 heavy (non-hydrogen) atoms. The Morgan fingerprint density at radius 2 is 1.77 bits per heavy atom. The molecule has 0 aromatic heterocycles. The van der Waals surface area contributed by atoms with Gasteiger partial charge < -0.3 is 15.4 Å². The van der Waals surface area contributed by atoms with Crippen molar-refractivity contribution in [2.45, 2.75) is 0 Å². The van der Waals surface area contributed by atoms with Gasteiger partial charge in [-0.05, 0) is 36.4 Å². The molecule has 0 aliphatic heterocycles. The van der Waals surface area contributed by atoms with E-state index >= 15 is 0 Å². The molecule has 0 atom stereocenters. The van der Waals surface area contributed by atoms with Crippen LogP contribution in [0.1, 0.15) is 10.4 Å². The van der Waals surface area contributed by atoms with E-state index in [4.69, 9.17) is 16.3 Å². The van der Waals surface area contributed by atoms with Crippen molar-refractivity contribution in [1.82, 2.24) is 5.32 Å². The summed E-state index contributed by atoms with van der Waals surface area (Å²) in [5.74, 6) is -0.126. The highest BCUT2D eigenvalue weighted by molar-refractivity contribution is 6.30. The Balaban J connectivity index is 1.90. The predicted octanol–water partition coefficient (Wildman–Crippen LogP) is 2.72. The number of benzene rings is 2. The average molecular weight is 319 g/mol. The van der Waals surface area contributed by atoms with Crippen LogP contribution in [0.2, 0.25) is 5.02 Å². The first-order valence-electron chi connectivity index (χ1n) is 6.57. The van der Waals surface area contributed by atoms with E-state index in [1.165, 1.54) is 7.11 Å². The Morgan fingerprint density at radius 3 is 2.45 bits per heavy atom. The van der Waals surface area contributed by atoms with Gasteiger partial charge in [-0.3, -0.25) is 9.59 Å². The number of hydrogen-bond donors (Lipinski definition) is 2. The lowest BCUT2D eigenvalue weighted by molar-refractivity contribution is -0.115. The lowest BCUT2D eigenvalue weighted by Gasteiger charge is -2.10. The summed E-state index contributed by atoms with van der Waals surface area (Å²) in [7, 11) is 1.52. The zero-order chi connectivity index (χ0) is 15.9. The highest BCUT2D eigenvalue weighted by Crippen LogP contribution is 2.22. The fourth-order valence-corrected chi connectivity index (χ4v) is 1.93. The fourth-order valence-electron chi connectivity index (χ4n) is 1.81. The number of rotatable bonds is 5. The molecule has 0 aliphatic rings. The standard InChI is InChI=1S/C16H15ClN2O3/c1-22-14-5-3-2-4-13(14)19-15(20)10-18-16(21)11-6-8-12(17)9-7-11/h2-9H,10H2,1H3,(H,18,21)(H,19,20). The van der Waals surface area contributed by atoms with Gasteiger partial charge in [0.25, 0.3) is 5.91 Å². The largest absolute Gasteiger partial charge is 0.495 e. The summed E-state index contributed by atoms with van der Waals surface area (Å²) in [6, 6.07) is 13.5. The number of anilines is 1. The first kappa shape index (κ1) is 15.9. The molecule has 0 unspecified atom stereocenters. The molecule has 0 fully saturated rings. The maximum Gasteiger partial charge on any atom is 0.251 e. The van der Waals surface area contributed by atoms with Crippen molar-refractivity contribution in [3.05, 3.63) is 59.1 Å². The summed E-state index contributed by atoms with van der Waals surface area (Å²) in [6.07, 6.45) is 0. The minimum atomic E-state index is -0.341. The second-order valence-electron chi connectivity index (χ2n) is 4.44. The van der Waals surface area contributed by atoms with Gasteiger partial charge in [0.2, 0.25) is 5.91 Å². The van der Waals surface area contributed by atoms with Crippen molar-refractivity contribution in [3.63, 3.8) is 0 Å². The molecule has 0 radical (unpaired) electrons. The highest BCUT2D eigenvalue weighted by atomic mass is 35.5. The van der Waals surface area contributed by atoms with Gasteiger partial charge in [0, 0.05) is 10.6 Å². The molecular formula is C16H15ClN2O3. The SMILES string of the molecule is COc1ccccc1NC(=O)CNC(=O)c1ccc(Cl)cc1. The third kappa shape index (κ3) is 4.23. The van der Waals surface area contributed by atoms with E-state index in [1.807, 2.05) is 0 Å². The lowest BCUT2D eigenvalue weighted by atomic mass is 10.2. The van der Waals surface area contributed by atoms with Gasteiger partial charge in [-0.25, -0.2) is 0 Å². The van der Waals surface area contributed by atoms with E-state index in [1.54, 1.807) is 48.5 Å². The van der Waals surface area contributed by atoms with Crippen LogP contribution >= 0.6 is 11.6 Å². The Kier molecular flexibility index (Phi) is 5.38. The van der Waals surface area contributed by atoms with Crippen LogP contribution in [0.3, 0.4) is 0 Å². The van der Waals surface area contributed by atoms with Crippen LogP contribution in [0.15, 0.2) is 48.5 Å². The molecule has 0 saturated carbocycles. The predicted molar refractivity (Wildman–Crippen MR) is 85.4 cm³/mol. The maximum absolute atomic E-state index is 11.9. The summed E-state index contributed by atoms with van der Waals surface area (Å²) in [6.45, 7) is -0.139. The van der Waals surface area contributed by atoms with E-state index in [0.29, 0.717) is 22.0 Å². The van der Waals surface area contributed by atoms with Crippen molar-refractivity contribution in [1.29, 1.82) is 0 Å². The van der Waals surface area contributed by atoms with E-state index in [-0.39, 0.29) is 18.4 Å². The molecule has 114 valence electrons. The van der Waals surface area contributed by atoms with Crippen molar-refractivity contribution in [2.75, 3.05) is 19.0 Å². The normalized spacial score (nSPS) is 9.91. The number of carbonyl (C=O) groups is 2. The van der Waals surface area contributed by atoms with Crippen LogP contribution in [0.25, 0.3) is 0 Å². The molecule has 0 spiro atoms.